The Labute approximate surface area is 83.9 Å². The second-order valence-electron chi connectivity index (χ2n) is 4.03. The molecule has 0 radical (unpaired) electrons. The molecule has 1 saturated carbocycles. The molecule has 1 rings (SSSR count). The minimum atomic E-state index is -0.410. The van der Waals surface area contributed by atoms with Gasteiger partial charge in [0.05, 0.1) is 6.61 Å². The molecular weight excluding hydrogens is 188 g/mol. The highest BCUT2D eigenvalue weighted by Gasteiger charge is 2.44. The van der Waals surface area contributed by atoms with Gasteiger partial charge < -0.3 is 4.74 Å². The normalized spacial score (nSPS) is 25.5. The van der Waals surface area contributed by atoms with Gasteiger partial charge in [-0.15, -0.1) is 0 Å². The first kappa shape index (κ1) is 10.6. The van der Waals surface area contributed by atoms with Crippen LogP contribution >= 0.6 is 11.6 Å². The zero-order valence-electron chi connectivity index (χ0n) is 8.26. The summed E-state index contributed by atoms with van der Waals surface area (Å²) in [6.07, 6.45) is 2.90. The second kappa shape index (κ2) is 3.70. The second-order valence-corrected chi connectivity index (χ2v) is 4.44. The molecule has 1 aliphatic carbocycles. The van der Waals surface area contributed by atoms with Crippen molar-refractivity contribution in [3.8, 4) is 0 Å². The maximum atomic E-state index is 11.1. The fraction of sp³-hybridized carbons (Fsp3) is 0.700. The Hall–Kier alpha value is -0.500. The molecule has 1 aliphatic rings. The van der Waals surface area contributed by atoms with Crippen molar-refractivity contribution >= 4 is 17.6 Å². The Morgan fingerprint density at radius 2 is 2.23 bits per heavy atom. The number of allylic oxidation sites excluding steroid dienone is 1. The van der Waals surface area contributed by atoms with Gasteiger partial charge in [0.1, 0.15) is 5.03 Å². The van der Waals surface area contributed by atoms with Crippen molar-refractivity contribution in [3.05, 3.63) is 11.1 Å². The van der Waals surface area contributed by atoms with Crippen LogP contribution in [0.3, 0.4) is 0 Å². The molecule has 0 aromatic carbocycles. The van der Waals surface area contributed by atoms with Gasteiger partial charge in [0.2, 0.25) is 0 Å². The van der Waals surface area contributed by atoms with Crippen molar-refractivity contribution < 1.29 is 9.53 Å². The summed E-state index contributed by atoms with van der Waals surface area (Å²) in [5, 5.41) is 0.220. The minimum Gasteiger partial charge on any atom is -0.462 e. The zero-order valence-corrected chi connectivity index (χ0v) is 9.02. The number of ether oxygens (including phenoxy) is 1. The van der Waals surface area contributed by atoms with E-state index in [1.165, 1.54) is 0 Å². The van der Waals surface area contributed by atoms with Gasteiger partial charge in [-0.3, -0.25) is 0 Å². The van der Waals surface area contributed by atoms with Crippen LogP contribution in [0.2, 0.25) is 0 Å². The Morgan fingerprint density at radius 3 is 2.62 bits per heavy atom. The molecule has 0 amide bonds. The van der Waals surface area contributed by atoms with Crippen molar-refractivity contribution in [1.29, 1.82) is 0 Å². The largest absolute Gasteiger partial charge is 0.462 e. The maximum Gasteiger partial charge on any atom is 0.349 e. The molecule has 0 aromatic heterocycles. The van der Waals surface area contributed by atoms with Gasteiger partial charge in [0.15, 0.2) is 0 Å². The van der Waals surface area contributed by atoms with Crippen LogP contribution in [-0.2, 0) is 9.53 Å². The fourth-order valence-corrected chi connectivity index (χ4v) is 1.44. The summed E-state index contributed by atoms with van der Waals surface area (Å²) in [7, 11) is 0. The Kier molecular flexibility index (Phi) is 3.01. The van der Waals surface area contributed by atoms with Gasteiger partial charge in [-0.1, -0.05) is 31.5 Å². The highest BCUT2D eigenvalue weighted by Crippen LogP contribution is 2.53. The molecular formula is C10H15ClO2. The molecule has 3 heteroatoms. The molecule has 0 aliphatic heterocycles. The van der Waals surface area contributed by atoms with Crippen LogP contribution in [0.5, 0.6) is 0 Å². The van der Waals surface area contributed by atoms with Gasteiger partial charge in [-0.05, 0) is 24.7 Å². The number of hydrogen-bond donors (Lipinski definition) is 0. The van der Waals surface area contributed by atoms with Crippen molar-refractivity contribution in [2.75, 3.05) is 6.61 Å². The van der Waals surface area contributed by atoms with Crippen LogP contribution in [0.1, 0.15) is 27.2 Å². The summed E-state index contributed by atoms with van der Waals surface area (Å²) in [5.41, 5.74) is 0.312. The van der Waals surface area contributed by atoms with E-state index in [4.69, 9.17) is 16.3 Å². The molecule has 74 valence electrons. The van der Waals surface area contributed by atoms with Gasteiger partial charge in [-0.25, -0.2) is 4.79 Å². The molecule has 0 spiro atoms. The molecule has 0 N–H and O–H groups in total. The van der Waals surface area contributed by atoms with Crippen molar-refractivity contribution in [3.63, 3.8) is 0 Å². The van der Waals surface area contributed by atoms with Crippen LogP contribution in [0, 0.1) is 11.3 Å². The lowest BCUT2D eigenvalue weighted by Crippen LogP contribution is -2.04. The highest BCUT2D eigenvalue weighted by molar-refractivity contribution is 6.41. The van der Waals surface area contributed by atoms with Gasteiger partial charge in [0.25, 0.3) is 0 Å². The number of esters is 1. The summed E-state index contributed by atoms with van der Waals surface area (Å²) in [6.45, 7) is 6.45. The standard InChI is InChI=1S/C10H15ClO2/c1-4-13-9(12)8(11)5-7-6-10(7,2)3/h5,7H,4,6H2,1-3H3/b8-5+. The van der Waals surface area contributed by atoms with E-state index in [9.17, 15) is 4.79 Å². The van der Waals surface area contributed by atoms with E-state index in [1.54, 1.807) is 13.0 Å². The summed E-state index contributed by atoms with van der Waals surface area (Å²) in [4.78, 5) is 11.1. The summed E-state index contributed by atoms with van der Waals surface area (Å²) < 4.78 is 4.76. The van der Waals surface area contributed by atoms with E-state index in [-0.39, 0.29) is 5.03 Å². The van der Waals surface area contributed by atoms with E-state index in [1.807, 2.05) is 0 Å². The van der Waals surface area contributed by atoms with Crippen LogP contribution in [0.4, 0.5) is 0 Å². The lowest BCUT2D eigenvalue weighted by Gasteiger charge is -2.00. The number of carbonyl (C=O) groups excluding carboxylic acids is 1. The first-order valence-corrected chi connectivity index (χ1v) is 4.89. The summed E-state index contributed by atoms with van der Waals surface area (Å²) >= 11 is 5.76. The molecule has 1 fully saturated rings. The third kappa shape index (κ3) is 2.73. The van der Waals surface area contributed by atoms with Gasteiger partial charge in [-0.2, -0.15) is 0 Å². The van der Waals surface area contributed by atoms with E-state index in [0.717, 1.165) is 6.42 Å². The maximum absolute atomic E-state index is 11.1. The fourth-order valence-electron chi connectivity index (χ4n) is 1.24. The SMILES string of the molecule is CCOC(=O)/C(Cl)=C\C1CC1(C)C. The van der Waals surface area contributed by atoms with E-state index >= 15 is 0 Å². The molecule has 1 unspecified atom stereocenters. The van der Waals surface area contributed by atoms with E-state index in [2.05, 4.69) is 13.8 Å². The molecule has 0 aromatic rings. The molecule has 1 atom stereocenters. The van der Waals surface area contributed by atoms with Crippen LogP contribution in [-0.4, -0.2) is 12.6 Å². The number of hydrogen-bond acceptors (Lipinski definition) is 2. The molecule has 13 heavy (non-hydrogen) atoms. The van der Waals surface area contributed by atoms with Crippen LogP contribution in [0.15, 0.2) is 11.1 Å². The summed E-state index contributed by atoms with van der Waals surface area (Å²) in [5.74, 6) is 0.0243. The predicted octanol–water partition coefficient (Wildman–Crippen LogP) is 2.72. The number of rotatable bonds is 3. The quantitative estimate of drug-likeness (QED) is 0.520. The average molecular weight is 203 g/mol. The summed E-state index contributed by atoms with van der Waals surface area (Å²) in [6, 6.07) is 0. The lowest BCUT2D eigenvalue weighted by molar-refractivity contribution is -0.137. The first-order valence-electron chi connectivity index (χ1n) is 4.52. The monoisotopic (exact) mass is 202 g/mol. The van der Waals surface area contributed by atoms with Crippen LogP contribution in [0.25, 0.3) is 0 Å². The highest BCUT2D eigenvalue weighted by atomic mass is 35.5. The third-order valence-electron chi connectivity index (χ3n) is 2.41. The topological polar surface area (TPSA) is 26.3 Å². The zero-order chi connectivity index (χ0) is 10.1. The van der Waals surface area contributed by atoms with Gasteiger partial charge in [0, 0.05) is 0 Å². The Bertz CT molecular complexity index is 243. The molecule has 2 nitrogen and oxygen atoms in total. The molecule has 0 bridgehead atoms. The van der Waals surface area contributed by atoms with Gasteiger partial charge >= 0.3 is 5.97 Å². The number of carbonyl (C=O) groups is 1. The van der Waals surface area contributed by atoms with E-state index < -0.39 is 5.97 Å². The first-order chi connectivity index (χ1) is 5.97. The molecule has 0 heterocycles. The van der Waals surface area contributed by atoms with Crippen molar-refractivity contribution in [1.82, 2.24) is 0 Å². The smallest absolute Gasteiger partial charge is 0.349 e. The molecule has 0 saturated heterocycles. The number of halogens is 1. The van der Waals surface area contributed by atoms with Crippen molar-refractivity contribution in [2.24, 2.45) is 11.3 Å². The Morgan fingerprint density at radius 1 is 1.69 bits per heavy atom. The third-order valence-corrected chi connectivity index (χ3v) is 2.69. The lowest BCUT2D eigenvalue weighted by atomic mass is 10.1. The van der Waals surface area contributed by atoms with Crippen molar-refractivity contribution in [2.45, 2.75) is 27.2 Å². The predicted molar refractivity (Wildman–Crippen MR) is 52.5 cm³/mol. The average Bonchev–Trinajstić information content (AvgIpc) is 2.59. The minimum absolute atomic E-state index is 0.220. The van der Waals surface area contributed by atoms with E-state index in [0.29, 0.717) is 17.9 Å². The Balaban J connectivity index is 2.48. The van der Waals surface area contributed by atoms with Crippen LogP contribution < -0.4 is 0 Å².